The van der Waals surface area contributed by atoms with Crippen LogP contribution in [0.5, 0.6) is 0 Å². The fourth-order valence-corrected chi connectivity index (χ4v) is 4.66. The molecule has 0 radical (unpaired) electrons. The van der Waals surface area contributed by atoms with Gasteiger partial charge in [0.1, 0.15) is 6.04 Å². The molecule has 0 aromatic heterocycles. The van der Waals surface area contributed by atoms with Gasteiger partial charge in [-0.1, -0.05) is 89.9 Å². The van der Waals surface area contributed by atoms with E-state index in [4.69, 9.17) is 23.2 Å². The highest BCUT2D eigenvalue weighted by Gasteiger charge is 2.29. The summed E-state index contributed by atoms with van der Waals surface area (Å²) in [4.78, 5) is 28.0. The molecule has 0 bridgehead atoms. The molecule has 33 heavy (non-hydrogen) atoms. The smallest absolute Gasteiger partial charge is 0.242 e. The minimum atomic E-state index is -0.656. The molecule has 0 heterocycles. The molecule has 4 nitrogen and oxygen atoms in total. The Labute approximate surface area is 209 Å². The van der Waals surface area contributed by atoms with E-state index in [1.807, 2.05) is 66.7 Å². The van der Waals surface area contributed by atoms with Gasteiger partial charge in [0.2, 0.25) is 11.8 Å². The van der Waals surface area contributed by atoms with Crippen LogP contribution in [-0.2, 0) is 28.3 Å². The van der Waals surface area contributed by atoms with E-state index in [2.05, 4.69) is 5.32 Å². The van der Waals surface area contributed by atoms with Crippen LogP contribution in [0.15, 0.2) is 78.9 Å². The maximum atomic E-state index is 13.4. The highest BCUT2D eigenvalue weighted by atomic mass is 35.5. The van der Waals surface area contributed by atoms with E-state index in [1.54, 1.807) is 24.1 Å². The standard InChI is InChI=1S/C26H26Cl2N2O2S/c1-29-26(32)24(15-19-8-4-2-5-9-19)30(16-21-12-13-22(27)23(28)14-21)25(31)18-33-17-20-10-6-3-7-11-20/h2-14,24H,15-18H2,1H3,(H,29,32). The SMILES string of the molecule is CNC(=O)C(Cc1ccccc1)N(Cc1ccc(Cl)c(Cl)c1)C(=O)CSCc1ccccc1. The average molecular weight is 501 g/mol. The number of carbonyl (C=O) groups excluding carboxylic acids is 2. The number of carbonyl (C=O) groups is 2. The van der Waals surface area contributed by atoms with E-state index in [1.165, 1.54) is 11.8 Å². The third-order valence-electron chi connectivity index (χ3n) is 5.19. The van der Waals surface area contributed by atoms with Crippen LogP contribution < -0.4 is 5.32 Å². The molecular formula is C26H26Cl2N2O2S. The van der Waals surface area contributed by atoms with Crippen molar-refractivity contribution in [3.63, 3.8) is 0 Å². The number of nitrogens with zero attached hydrogens (tertiary/aromatic N) is 1. The van der Waals surface area contributed by atoms with Crippen molar-refractivity contribution in [2.45, 2.75) is 24.8 Å². The van der Waals surface area contributed by atoms with Gasteiger partial charge in [-0.2, -0.15) is 0 Å². The van der Waals surface area contributed by atoms with E-state index >= 15 is 0 Å². The molecule has 0 saturated carbocycles. The number of amides is 2. The number of nitrogens with one attached hydrogen (secondary N) is 1. The summed E-state index contributed by atoms with van der Waals surface area (Å²) < 4.78 is 0. The van der Waals surface area contributed by atoms with Crippen molar-refractivity contribution < 1.29 is 9.59 Å². The first-order chi connectivity index (χ1) is 16.0. The molecule has 1 N–H and O–H groups in total. The number of hydrogen-bond donors (Lipinski definition) is 1. The number of hydrogen-bond acceptors (Lipinski definition) is 3. The summed E-state index contributed by atoms with van der Waals surface area (Å²) in [6, 6.07) is 24.3. The Morgan fingerprint density at radius 2 is 1.52 bits per heavy atom. The third kappa shape index (κ3) is 7.53. The maximum absolute atomic E-state index is 13.4. The van der Waals surface area contributed by atoms with Crippen LogP contribution in [0.3, 0.4) is 0 Å². The van der Waals surface area contributed by atoms with E-state index in [0.717, 1.165) is 22.4 Å². The van der Waals surface area contributed by atoms with Gasteiger partial charge >= 0.3 is 0 Å². The van der Waals surface area contributed by atoms with Crippen LogP contribution in [0, 0.1) is 0 Å². The van der Waals surface area contributed by atoms with Gasteiger partial charge in [-0.3, -0.25) is 9.59 Å². The lowest BCUT2D eigenvalue weighted by atomic mass is 10.0. The molecule has 3 aromatic rings. The molecule has 0 spiro atoms. The Hall–Kier alpha value is -2.47. The van der Waals surface area contributed by atoms with Crippen molar-refractivity contribution in [1.29, 1.82) is 0 Å². The Morgan fingerprint density at radius 1 is 0.879 bits per heavy atom. The first kappa shape index (κ1) is 25.2. The van der Waals surface area contributed by atoms with Crippen molar-refractivity contribution in [3.8, 4) is 0 Å². The van der Waals surface area contributed by atoms with Crippen LogP contribution in [0.25, 0.3) is 0 Å². The minimum absolute atomic E-state index is 0.105. The molecule has 0 aliphatic carbocycles. The fraction of sp³-hybridized carbons (Fsp3) is 0.231. The number of halogens is 2. The van der Waals surface area contributed by atoms with Gasteiger partial charge in [0, 0.05) is 25.8 Å². The van der Waals surface area contributed by atoms with E-state index in [-0.39, 0.29) is 24.1 Å². The Kier molecular flexibility index (Phi) is 9.67. The van der Waals surface area contributed by atoms with Crippen molar-refractivity contribution >= 4 is 46.8 Å². The molecule has 0 aliphatic rings. The third-order valence-corrected chi connectivity index (χ3v) is 6.92. The molecule has 0 fully saturated rings. The summed E-state index contributed by atoms with van der Waals surface area (Å²) in [5, 5.41) is 3.59. The lowest BCUT2D eigenvalue weighted by Crippen LogP contribution is -2.50. The summed E-state index contributed by atoms with van der Waals surface area (Å²) in [5.74, 6) is 0.668. The number of likely N-dealkylation sites (N-methyl/N-ethyl adjacent to an activating group) is 1. The van der Waals surface area contributed by atoms with Crippen molar-refractivity contribution in [3.05, 3.63) is 106 Å². The van der Waals surface area contributed by atoms with Gasteiger partial charge in [0.15, 0.2) is 0 Å². The molecule has 7 heteroatoms. The van der Waals surface area contributed by atoms with Gasteiger partial charge < -0.3 is 10.2 Å². The predicted octanol–water partition coefficient (Wildman–Crippen LogP) is 5.61. The lowest BCUT2D eigenvalue weighted by molar-refractivity contribution is -0.139. The molecule has 172 valence electrons. The maximum Gasteiger partial charge on any atom is 0.242 e. The molecule has 1 unspecified atom stereocenters. The molecule has 2 amide bonds. The molecule has 3 aromatic carbocycles. The lowest BCUT2D eigenvalue weighted by Gasteiger charge is -2.31. The van der Waals surface area contributed by atoms with Crippen LogP contribution in [0.1, 0.15) is 16.7 Å². The Balaban J connectivity index is 1.83. The van der Waals surface area contributed by atoms with Gasteiger partial charge in [0.25, 0.3) is 0 Å². The fourth-order valence-electron chi connectivity index (χ4n) is 3.47. The summed E-state index contributed by atoms with van der Waals surface area (Å²) in [6.07, 6.45) is 0.414. The van der Waals surface area contributed by atoms with E-state index < -0.39 is 6.04 Å². The number of rotatable bonds is 10. The second-order valence-electron chi connectivity index (χ2n) is 7.57. The summed E-state index contributed by atoms with van der Waals surface area (Å²) in [5.41, 5.74) is 2.95. The Bertz CT molecular complexity index is 1060. The zero-order valence-corrected chi connectivity index (χ0v) is 20.7. The predicted molar refractivity (Wildman–Crippen MR) is 138 cm³/mol. The average Bonchev–Trinajstić information content (AvgIpc) is 2.84. The van der Waals surface area contributed by atoms with Crippen LogP contribution in [0.2, 0.25) is 10.0 Å². The Morgan fingerprint density at radius 3 is 2.12 bits per heavy atom. The zero-order chi connectivity index (χ0) is 23.6. The molecule has 0 saturated heterocycles. The molecular weight excluding hydrogens is 475 g/mol. The monoisotopic (exact) mass is 500 g/mol. The summed E-state index contributed by atoms with van der Waals surface area (Å²) in [7, 11) is 1.59. The second kappa shape index (κ2) is 12.7. The molecule has 3 rings (SSSR count). The first-order valence-electron chi connectivity index (χ1n) is 10.6. The normalized spacial score (nSPS) is 11.6. The molecule has 0 aliphatic heterocycles. The summed E-state index contributed by atoms with van der Waals surface area (Å²) in [6.45, 7) is 0.256. The van der Waals surface area contributed by atoms with Gasteiger partial charge in [-0.05, 0) is 28.8 Å². The summed E-state index contributed by atoms with van der Waals surface area (Å²) >= 11 is 13.8. The van der Waals surface area contributed by atoms with E-state index in [0.29, 0.717) is 16.5 Å². The van der Waals surface area contributed by atoms with Crippen LogP contribution in [0.4, 0.5) is 0 Å². The largest absolute Gasteiger partial charge is 0.357 e. The zero-order valence-electron chi connectivity index (χ0n) is 18.3. The van der Waals surface area contributed by atoms with Crippen LogP contribution in [-0.4, -0.2) is 35.6 Å². The number of benzene rings is 3. The van der Waals surface area contributed by atoms with Gasteiger partial charge in [-0.15, -0.1) is 11.8 Å². The molecule has 1 atom stereocenters. The minimum Gasteiger partial charge on any atom is -0.357 e. The van der Waals surface area contributed by atoms with Crippen LogP contribution >= 0.6 is 35.0 Å². The van der Waals surface area contributed by atoms with Crippen molar-refractivity contribution in [2.24, 2.45) is 0 Å². The highest BCUT2D eigenvalue weighted by molar-refractivity contribution is 7.99. The first-order valence-corrected chi connectivity index (χ1v) is 12.5. The van der Waals surface area contributed by atoms with Crippen molar-refractivity contribution in [2.75, 3.05) is 12.8 Å². The quantitative estimate of drug-likeness (QED) is 0.393. The second-order valence-corrected chi connectivity index (χ2v) is 9.37. The highest BCUT2D eigenvalue weighted by Crippen LogP contribution is 2.25. The topological polar surface area (TPSA) is 49.4 Å². The number of thioether (sulfide) groups is 1. The van der Waals surface area contributed by atoms with Gasteiger partial charge in [-0.25, -0.2) is 0 Å². The van der Waals surface area contributed by atoms with E-state index in [9.17, 15) is 9.59 Å². The van der Waals surface area contributed by atoms with Crippen molar-refractivity contribution in [1.82, 2.24) is 10.2 Å². The van der Waals surface area contributed by atoms with Gasteiger partial charge in [0.05, 0.1) is 15.8 Å².